The maximum absolute atomic E-state index is 12.3. The van der Waals surface area contributed by atoms with Crippen LogP contribution in [0.15, 0.2) is 35.3 Å². The highest BCUT2D eigenvalue weighted by Gasteiger charge is 2.29. The number of rotatable bonds is 8. The second-order valence-corrected chi connectivity index (χ2v) is 7.42. The lowest BCUT2D eigenvalue weighted by atomic mass is 10.1. The Morgan fingerprint density at radius 2 is 2.04 bits per heavy atom. The number of guanidine groups is 1. The lowest BCUT2D eigenvalue weighted by molar-refractivity contribution is -0.127. The van der Waals surface area contributed by atoms with Gasteiger partial charge in [-0.15, -0.1) is 0 Å². The summed E-state index contributed by atoms with van der Waals surface area (Å²) < 4.78 is 5.41. The molecule has 1 saturated heterocycles. The first kappa shape index (κ1) is 20.2. The second kappa shape index (κ2) is 9.57. The number of hydrogen-bond acceptors (Lipinski definition) is 3. The van der Waals surface area contributed by atoms with Crippen LogP contribution in [-0.2, 0) is 16.0 Å². The molecule has 1 unspecified atom stereocenters. The van der Waals surface area contributed by atoms with Crippen molar-refractivity contribution in [3.63, 3.8) is 0 Å². The largest absolute Gasteiger partial charge is 0.377 e. The molecule has 0 bridgehead atoms. The lowest BCUT2D eigenvalue weighted by Crippen LogP contribution is -2.46. The van der Waals surface area contributed by atoms with E-state index in [9.17, 15) is 4.79 Å². The minimum absolute atomic E-state index is 0.246. The highest BCUT2D eigenvalue weighted by atomic mass is 16.5. The Balaban J connectivity index is 1.74. The molecule has 1 aliphatic heterocycles. The molecule has 1 aliphatic rings. The number of carbonyl (C=O) groups is 1. The van der Waals surface area contributed by atoms with Crippen LogP contribution in [-0.4, -0.2) is 62.7 Å². The van der Waals surface area contributed by atoms with Crippen LogP contribution < -0.4 is 10.6 Å². The predicted octanol–water partition coefficient (Wildman–Crippen LogP) is 1.67. The van der Waals surface area contributed by atoms with Crippen molar-refractivity contribution in [2.75, 3.05) is 40.3 Å². The van der Waals surface area contributed by atoms with Gasteiger partial charge in [0.15, 0.2) is 5.96 Å². The fourth-order valence-corrected chi connectivity index (χ4v) is 2.95. The van der Waals surface area contributed by atoms with Crippen molar-refractivity contribution in [3.8, 4) is 0 Å². The van der Waals surface area contributed by atoms with Gasteiger partial charge in [-0.25, -0.2) is 0 Å². The van der Waals surface area contributed by atoms with Crippen molar-refractivity contribution in [1.82, 2.24) is 15.5 Å². The maximum atomic E-state index is 12.3. The summed E-state index contributed by atoms with van der Waals surface area (Å²) in [7, 11) is 3.45. The number of likely N-dealkylation sites (tertiary alicyclic amines) is 1. The molecule has 0 aromatic heterocycles. The Labute approximate surface area is 157 Å². The molecular formula is C20H32N4O2. The first-order chi connectivity index (χ1) is 12.4. The maximum Gasteiger partial charge on any atom is 0.223 e. The summed E-state index contributed by atoms with van der Waals surface area (Å²) >= 11 is 0. The van der Waals surface area contributed by atoms with E-state index in [0.29, 0.717) is 18.9 Å². The summed E-state index contributed by atoms with van der Waals surface area (Å²) in [6, 6.07) is 10.3. The molecule has 0 spiro atoms. The number of benzene rings is 1. The third kappa shape index (κ3) is 6.33. The summed E-state index contributed by atoms with van der Waals surface area (Å²) in [5, 5.41) is 6.60. The Bertz CT molecular complexity index is 601. The molecule has 2 rings (SSSR count). The first-order valence-corrected chi connectivity index (χ1v) is 9.25. The van der Waals surface area contributed by atoms with Crippen LogP contribution in [0.2, 0.25) is 0 Å². The molecule has 26 heavy (non-hydrogen) atoms. The van der Waals surface area contributed by atoms with Crippen molar-refractivity contribution < 1.29 is 9.53 Å². The Hall–Kier alpha value is -2.08. The van der Waals surface area contributed by atoms with Gasteiger partial charge in [-0.1, -0.05) is 30.3 Å². The SMILES string of the molecule is CN=C(NCC1CC(=O)N(CCc2ccccc2)C1)NCC(C)(C)OC. The molecule has 6 nitrogen and oxygen atoms in total. The van der Waals surface area contributed by atoms with E-state index in [2.05, 4.69) is 27.8 Å². The van der Waals surface area contributed by atoms with Gasteiger partial charge in [-0.3, -0.25) is 9.79 Å². The molecule has 1 aromatic rings. The number of nitrogens with one attached hydrogen (secondary N) is 2. The van der Waals surface area contributed by atoms with Gasteiger partial charge in [0.25, 0.3) is 0 Å². The van der Waals surface area contributed by atoms with Gasteiger partial charge in [0.05, 0.1) is 5.60 Å². The summed E-state index contributed by atoms with van der Waals surface area (Å²) in [5.41, 5.74) is 1.02. The Morgan fingerprint density at radius 1 is 1.31 bits per heavy atom. The van der Waals surface area contributed by atoms with Gasteiger partial charge in [0, 0.05) is 52.7 Å². The van der Waals surface area contributed by atoms with E-state index >= 15 is 0 Å². The highest BCUT2D eigenvalue weighted by molar-refractivity contribution is 5.80. The molecule has 0 aliphatic carbocycles. The minimum atomic E-state index is -0.255. The monoisotopic (exact) mass is 360 g/mol. The van der Waals surface area contributed by atoms with Crippen LogP contribution in [0.3, 0.4) is 0 Å². The summed E-state index contributed by atoms with van der Waals surface area (Å²) in [6.45, 7) is 7.03. The molecule has 0 radical (unpaired) electrons. The zero-order valence-electron chi connectivity index (χ0n) is 16.4. The lowest BCUT2D eigenvalue weighted by Gasteiger charge is -2.25. The number of ether oxygens (including phenoxy) is 1. The Morgan fingerprint density at radius 3 is 2.69 bits per heavy atom. The third-order valence-corrected chi connectivity index (χ3v) is 4.82. The van der Waals surface area contributed by atoms with Crippen molar-refractivity contribution in [3.05, 3.63) is 35.9 Å². The number of methoxy groups -OCH3 is 1. The number of amides is 1. The fourth-order valence-electron chi connectivity index (χ4n) is 2.95. The zero-order valence-corrected chi connectivity index (χ0v) is 16.4. The van der Waals surface area contributed by atoms with E-state index in [1.165, 1.54) is 5.56 Å². The molecule has 1 heterocycles. The van der Waals surface area contributed by atoms with E-state index < -0.39 is 0 Å². The van der Waals surface area contributed by atoms with Crippen molar-refractivity contribution in [1.29, 1.82) is 0 Å². The normalized spacial score (nSPS) is 18.3. The van der Waals surface area contributed by atoms with E-state index in [4.69, 9.17) is 4.74 Å². The first-order valence-electron chi connectivity index (χ1n) is 9.25. The summed E-state index contributed by atoms with van der Waals surface area (Å²) in [5.74, 6) is 1.30. The predicted molar refractivity (Wildman–Crippen MR) is 105 cm³/mol. The van der Waals surface area contributed by atoms with Crippen molar-refractivity contribution in [2.24, 2.45) is 10.9 Å². The molecule has 0 saturated carbocycles. The molecular weight excluding hydrogens is 328 g/mol. The van der Waals surface area contributed by atoms with Gasteiger partial charge in [-0.05, 0) is 25.8 Å². The molecule has 1 aromatic carbocycles. The van der Waals surface area contributed by atoms with Crippen LogP contribution in [0, 0.1) is 5.92 Å². The summed E-state index contributed by atoms with van der Waals surface area (Å²) in [6.07, 6.45) is 1.50. The molecule has 144 valence electrons. The number of carbonyl (C=O) groups excluding carboxylic acids is 1. The zero-order chi connectivity index (χ0) is 19.0. The molecule has 1 amide bonds. The van der Waals surface area contributed by atoms with Gasteiger partial charge < -0.3 is 20.3 Å². The number of nitrogens with zero attached hydrogens (tertiary/aromatic N) is 2. The van der Waals surface area contributed by atoms with Crippen molar-refractivity contribution in [2.45, 2.75) is 32.3 Å². The van der Waals surface area contributed by atoms with E-state index in [1.54, 1.807) is 14.2 Å². The second-order valence-electron chi connectivity index (χ2n) is 7.42. The molecule has 1 atom stereocenters. The topological polar surface area (TPSA) is 66.0 Å². The van der Waals surface area contributed by atoms with E-state index in [0.717, 1.165) is 32.0 Å². The van der Waals surface area contributed by atoms with Crippen LogP contribution >= 0.6 is 0 Å². The standard InChI is InChI=1S/C20H32N4O2/c1-20(2,26-4)15-23-19(21-3)22-13-17-12-18(25)24(14-17)11-10-16-8-6-5-7-9-16/h5-9,17H,10-15H2,1-4H3,(H2,21,22,23). The number of aliphatic imine (C=N–C) groups is 1. The average molecular weight is 361 g/mol. The molecule has 1 fully saturated rings. The smallest absolute Gasteiger partial charge is 0.223 e. The van der Waals surface area contributed by atoms with Gasteiger partial charge in [0.2, 0.25) is 5.91 Å². The molecule has 2 N–H and O–H groups in total. The van der Waals surface area contributed by atoms with Gasteiger partial charge in [0.1, 0.15) is 0 Å². The minimum Gasteiger partial charge on any atom is -0.377 e. The summed E-state index contributed by atoms with van der Waals surface area (Å²) in [4.78, 5) is 18.5. The average Bonchev–Trinajstić information content (AvgIpc) is 3.00. The van der Waals surface area contributed by atoms with E-state index in [-0.39, 0.29) is 11.5 Å². The quantitative estimate of drug-likeness (QED) is 0.547. The highest BCUT2D eigenvalue weighted by Crippen LogP contribution is 2.17. The van der Waals surface area contributed by atoms with Gasteiger partial charge >= 0.3 is 0 Å². The molecule has 6 heteroatoms. The third-order valence-electron chi connectivity index (χ3n) is 4.82. The van der Waals surface area contributed by atoms with Crippen molar-refractivity contribution >= 4 is 11.9 Å². The van der Waals surface area contributed by atoms with E-state index in [1.807, 2.05) is 36.9 Å². The van der Waals surface area contributed by atoms with Crippen LogP contribution in [0.25, 0.3) is 0 Å². The van der Waals surface area contributed by atoms with Crippen LogP contribution in [0.1, 0.15) is 25.8 Å². The van der Waals surface area contributed by atoms with Crippen LogP contribution in [0.4, 0.5) is 0 Å². The van der Waals surface area contributed by atoms with Gasteiger partial charge in [-0.2, -0.15) is 0 Å². The fraction of sp³-hybridized carbons (Fsp3) is 0.600. The van der Waals surface area contributed by atoms with Crippen LogP contribution in [0.5, 0.6) is 0 Å². The Kier molecular flexibility index (Phi) is 7.45. The number of hydrogen-bond donors (Lipinski definition) is 2.